The zero-order chi connectivity index (χ0) is 15.9. The maximum absolute atomic E-state index is 14.4. The van der Waals surface area contributed by atoms with Gasteiger partial charge in [-0.05, 0) is 35.9 Å². The number of hydrogen-bond acceptors (Lipinski definition) is 2. The van der Waals surface area contributed by atoms with Gasteiger partial charge in [-0.15, -0.1) is 0 Å². The molecular weight excluding hydrogens is 326 g/mol. The van der Waals surface area contributed by atoms with Gasteiger partial charge in [-0.2, -0.15) is 0 Å². The lowest BCUT2D eigenvalue weighted by Gasteiger charge is -2.12. The highest BCUT2D eigenvalue weighted by atomic mass is 35.5. The first-order valence-corrected chi connectivity index (χ1v) is 7.22. The molecule has 0 atom stereocenters. The van der Waals surface area contributed by atoms with Crippen LogP contribution in [-0.4, -0.2) is 12.2 Å². The number of hydrogen-bond donors (Lipinski definition) is 1. The second kappa shape index (κ2) is 5.67. The van der Waals surface area contributed by atoms with Crippen molar-refractivity contribution in [3.63, 3.8) is 0 Å². The molecule has 112 valence electrons. The highest BCUT2D eigenvalue weighted by molar-refractivity contribution is 6.42. The number of phenolic OH excluding ortho intramolecular Hbond substituents is 1. The van der Waals surface area contributed by atoms with Crippen LogP contribution in [0.2, 0.25) is 10.0 Å². The zero-order valence-corrected chi connectivity index (χ0v) is 13.0. The lowest BCUT2D eigenvalue weighted by atomic mass is 10.00. The Morgan fingerprint density at radius 2 is 1.68 bits per heavy atom. The molecule has 0 aliphatic rings. The van der Waals surface area contributed by atoms with E-state index in [1.54, 1.807) is 37.4 Å². The van der Waals surface area contributed by atoms with Gasteiger partial charge in [-0.1, -0.05) is 35.3 Å². The summed E-state index contributed by atoms with van der Waals surface area (Å²) in [6.07, 6.45) is 0. The normalized spacial score (nSPS) is 10.9. The Balaban J connectivity index is 2.27. The summed E-state index contributed by atoms with van der Waals surface area (Å²) in [7, 11) is 1.58. The maximum atomic E-state index is 14.4. The average molecular weight is 337 g/mol. The van der Waals surface area contributed by atoms with Crippen molar-refractivity contribution >= 4 is 34.0 Å². The molecule has 3 aromatic carbocycles. The molecule has 0 aliphatic carbocycles. The Morgan fingerprint density at radius 3 is 2.32 bits per heavy atom. The zero-order valence-electron chi connectivity index (χ0n) is 11.5. The number of halogens is 3. The first kappa shape index (κ1) is 14.9. The van der Waals surface area contributed by atoms with Crippen LogP contribution in [-0.2, 0) is 0 Å². The highest BCUT2D eigenvalue weighted by Crippen LogP contribution is 2.41. The van der Waals surface area contributed by atoms with Gasteiger partial charge >= 0.3 is 0 Å². The van der Waals surface area contributed by atoms with Gasteiger partial charge in [0.15, 0.2) is 0 Å². The van der Waals surface area contributed by atoms with Crippen molar-refractivity contribution in [3.8, 4) is 22.6 Å². The van der Waals surface area contributed by atoms with Gasteiger partial charge in [0.2, 0.25) is 0 Å². The molecule has 0 saturated carbocycles. The molecule has 0 aliphatic heterocycles. The van der Waals surface area contributed by atoms with E-state index < -0.39 is 5.82 Å². The number of ether oxygens (including phenoxy) is 1. The van der Waals surface area contributed by atoms with Gasteiger partial charge in [0, 0.05) is 16.3 Å². The molecule has 1 N–H and O–H groups in total. The van der Waals surface area contributed by atoms with Gasteiger partial charge in [0.25, 0.3) is 0 Å². The van der Waals surface area contributed by atoms with Crippen LogP contribution < -0.4 is 4.74 Å². The molecular formula is C17H11Cl2FO2. The van der Waals surface area contributed by atoms with E-state index in [9.17, 15) is 9.50 Å². The Hall–Kier alpha value is -1.97. The van der Waals surface area contributed by atoms with Crippen LogP contribution in [0.15, 0.2) is 42.5 Å². The van der Waals surface area contributed by atoms with Crippen LogP contribution in [0.5, 0.6) is 11.5 Å². The third kappa shape index (κ3) is 2.36. The smallest absolute Gasteiger partial charge is 0.134 e. The first-order valence-electron chi connectivity index (χ1n) is 6.46. The lowest BCUT2D eigenvalue weighted by Crippen LogP contribution is -1.89. The molecule has 5 heteroatoms. The third-order valence-corrected chi connectivity index (χ3v) is 4.30. The Labute approximate surface area is 136 Å². The molecule has 2 nitrogen and oxygen atoms in total. The molecule has 0 aromatic heterocycles. The van der Waals surface area contributed by atoms with Crippen LogP contribution in [0.4, 0.5) is 4.39 Å². The van der Waals surface area contributed by atoms with Crippen molar-refractivity contribution in [2.75, 3.05) is 7.11 Å². The van der Waals surface area contributed by atoms with Gasteiger partial charge in [-0.3, -0.25) is 0 Å². The number of aromatic hydroxyl groups is 1. The third-order valence-electron chi connectivity index (χ3n) is 3.51. The predicted octanol–water partition coefficient (Wildman–Crippen LogP) is 5.67. The van der Waals surface area contributed by atoms with Crippen molar-refractivity contribution in [3.05, 3.63) is 58.3 Å². The first-order chi connectivity index (χ1) is 10.5. The van der Waals surface area contributed by atoms with Gasteiger partial charge < -0.3 is 9.84 Å². The van der Waals surface area contributed by atoms with E-state index in [0.717, 1.165) is 5.56 Å². The van der Waals surface area contributed by atoms with Gasteiger partial charge in [-0.25, -0.2) is 4.39 Å². The minimum Gasteiger partial charge on any atom is -0.506 e. The molecule has 0 unspecified atom stereocenters. The topological polar surface area (TPSA) is 29.5 Å². The molecule has 0 heterocycles. The predicted molar refractivity (Wildman–Crippen MR) is 87.6 cm³/mol. The summed E-state index contributed by atoms with van der Waals surface area (Å²) in [5.41, 5.74) is 1.31. The highest BCUT2D eigenvalue weighted by Gasteiger charge is 2.16. The summed E-state index contributed by atoms with van der Waals surface area (Å²) >= 11 is 12.4. The van der Waals surface area contributed by atoms with Crippen LogP contribution in [0, 0.1) is 5.82 Å². The van der Waals surface area contributed by atoms with Crippen molar-refractivity contribution in [1.29, 1.82) is 0 Å². The van der Waals surface area contributed by atoms with Crippen LogP contribution in [0.3, 0.4) is 0 Å². The van der Waals surface area contributed by atoms with Crippen molar-refractivity contribution in [2.24, 2.45) is 0 Å². The summed E-state index contributed by atoms with van der Waals surface area (Å²) in [5.74, 6) is -0.0125. The molecule has 0 spiro atoms. The minimum atomic E-state index is -0.536. The Bertz CT molecular complexity index is 861. The molecule has 0 radical (unpaired) electrons. The number of methoxy groups -OCH3 is 1. The fourth-order valence-electron chi connectivity index (χ4n) is 2.37. The SMILES string of the molecule is COc1ccc(-c2cc(F)c3c(Cl)c(O)ccc3c2Cl)cc1. The van der Waals surface area contributed by atoms with E-state index in [0.29, 0.717) is 21.7 Å². The van der Waals surface area contributed by atoms with Crippen molar-refractivity contribution < 1.29 is 14.2 Å². The molecule has 0 amide bonds. The maximum Gasteiger partial charge on any atom is 0.134 e. The van der Waals surface area contributed by atoms with Crippen LogP contribution >= 0.6 is 23.2 Å². The van der Waals surface area contributed by atoms with E-state index in [1.807, 2.05) is 0 Å². The Morgan fingerprint density at radius 1 is 1.00 bits per heavy atom. The number of rotatable bonds is 2. The van der Waals surface area contributed by atoms with Crippen molar-refractivity contribution in [2.45, 2.75) is 0 Å². The van der Waals surface area contributed by atoms with Gasteiger partial charge in [0.05, 0.1) is 17.2 Å². The second-order valence-corrected chi connectivity index (χ2v) is 5.53. The average Bonchev–Trinajstić information content (AvgIpc) is 2.53. The summed E-state index contributed by atoms with van der Waals surface area (Å²) in [6.45, 7) is 0. The fourth-order valence-corrected chi connectivity index (χ4v) is 2.95. The summed E-state index contributed by atoms with van der Waals surface area (Å²) < 4.78 is 19.5. The number of phenols is 1. The van der Waals surface area contributed by atoms with Crippen LogP contribution in [0.1, 0.15) is 0 Å². The summed E-state index contributed by atoms with van der Waals surface area (Å²) in [5, 5.41) is 10.5. The monoisotopic (exact) mass is 336 g/mol. The Kier molecular flexibility index (Phi) is 3.85. The van der Waals surface area contributed by atoms with E-state index in [-0.39, 0.29) is 16.2 Å². The number of fused-ring (bicyclic) bond motifs is 1. The molecule has 0 bridgehead atoms. The second-order valence-electron chi connectivity index (χ2n) is 4.77. The molecule has 3 rings (SSSR count). The quantitative estimate of drug-likeness (QED) is 0.653. The fraction of sp³-hybridized carbons (Fsp3) is 0.0588. The standard InChI is InChI=1S/C17H11Cl2FO2/c1-22-10-4-2-9(3-5-10)12-8-13(20)15-11(16(12)18)6-7-14(21)17(15)19/h2-8,21H,1H3. The molecule has 0 fully saturated rings. The van der Waals surface area contributed by atoms with E-state index >= 15 is 0 Å². The van der Waals surface area contributed by atoms with E-state index in [4.69, 9.17) is 27.9 Å². The minimum absolute atomic E-state index is 0.0434. The molecule has 0 saturated heterocycles. The molecule has 3 aromatic rings. The molecule has 22 heavy (non-hydrogen) atoms. The summed E-state index contributed by atoms with van der Waals surface area (Å²) in [6, 6.07) is 11.4. The van der Waals surface area contributed by atoms with Gasteiger partial charge in [0.1, 0.15) is 17.3 Å². The van der Waals surface area contributed by atoms with E-state index in [1.165, 1.54) is 12.1 Å². The summed E-state index contributed by atoms with van der Waals surface area (Å²) in [4.78, 5) is 0. The lowest BCUT2D eigenvalue weighted by molar-refractivity contribution is 0.415. The number of benzene rings is 3. The van der Waals surface area contributed by atoms with Crippen LogP contribution in [0.25, 0.3) is 21.9 Å². The van der Waals surface area contributed by atoms with E-state index in [2.05, 4.69) is 0 Å². The van der Waals surface area contributed by atoms with Crippen molar-refractivity contribution in [1.82, 2.24) is 0 Å². The largest absolute Gasteiger partial charge is 0.506 e.